The van der Waals surface area contributed by atoms with E-state index in [1.807, 2.05) is 48.5 Å². The zero-order valence-electron chi connectivity index (χ0n) is 12.2. The molecule has 4 rings (SSSR count). The first kappa shape index (κ1) is 13.1. The van der Waals surface area contributed by atoms with E-state index in [9.17, 15) is 4.79 Å². The molecule has 2 aliphatic rings. The standard InChI is InChI=1S/C19H17NO2/c1-13-11-15-9-5-6-10-16(15)18-20(13)17(19(21)22-18)12-14-7-3-2-4-8-14/h2-10,17-18H,1,11-12H2. The van der Waals surface area contributed by atoms with Crippen molar-refractivity contribution in [2.45, 2.75) is 25.1 Å². The number of benzene rings is 2. The molecule has 0 N–H and O–H groups in total. The smallest absolute Gasteiger partial charge is 0.331 e. The number of fused-ring (bicyclic) bond motifs is 3. The van der Waals surface area contributed by atoms with Gasteiger partial charge in [-0.05, 0) is 11.1 Å². The highest BCUT2D eigenvalue weighted by Crippen LogP contribution is 2.42. The predicted molar refractivity (Wildman–Crippen MR) is 83.9 cm³/mol. The van der Waals surface area contributed by atoms with Crippen LogP contribution in [0.4, 0.5) is 0 Å². The maximum Gasteiger partial charge on any atom is 0.331 e. The normalized spacial score (nSPS) is 23.0. The Morgan fingerprint density at radius 1 is 1.09 bits per heavy atom. The van der Waals surface area contributed by atoms with E-state index < -0.39 is 0 Å². The lowest BCUT2D eigenvalue weighted by molar-refractivity contribution is -0.143. The maximum absolute atomic E-state index is 12.4. The Morgan fingerprint density at radius 3 is 2.64 bits per heavy atom. The number of esters is 1. The summed E-state index contributed by atoms with van der Waals surface area (Å²) in [6.45, 7) is 4.18. The third-order valence-electron chi connectivity index (χ3n) is 4.44. The number of carbonyl (C=O) groups excluding carboxylic acids is 1. The van der Waals surface area contributed by atoms with E-state index in [-0.39, 0.29) is 18.2 Å². The van der Waals surface area contributed by atoms with E-state index in [0.717, 1.165) is 23.2 Å². The molecule has 22 heavy (non-hydrogen) atoms. The van der Waals surface area contributed by atoms with Gasteiger partial charge in [-0.1, -0.05) is 61.2 Å². The molecule has 2 aromatic rings. The largest absolute Gasteiger partial charge is 0.436 e. The van der Waals surface area contributed by atoms with Crippen molar-refractivity contribution in [1.82, 2.24) is 4.90 Å². The van der Waals surface area contributed by atoms with Crippen molar-refractivity contribution in [3.8, 4) is 0 Å². The molecule has 0 spiro atoms. The van der Waals surface area contributed by atoms with Crippen LogP contribution in [0.1, 0.15) is 22.9 Å². The average Bonchev–Trinajstić information content (AvgIpc) is 2.86. The fourth-order valence-electron chi connectivity index (χ4n) is 3.39. The lowest BCUT2D eigenvalue weighted by Gasteiger charge is -2.35. The van der Waals surface area contributed by atoms with Crippen LogP contribution >= 0.6 is 0 Å². The summed E-state index contributed by atoms with van der Waals surface area (Å²) in [7, 11) is 0. The molecule has 2 atom stereocenters. The number of allylic oxidation sites excluding steroid dienone is 1. The van der Waals surface area contributed by atoms with Crippen molar-refractivity contribution in [2.24, 2.45) is 0 Å². The number of rotatable bonds is 2. The molecule has 0 radical (unpaired) electrons. The van der Waals surface area contributed by atoms with Crippen LogP contribution in [0.15, 0.2) is 66.9 Å². The van der Waals surface area contributed by atoms with Gasteiger partial charge in [-0.15, -0.1) is 0 Å². The second kappa shape index (κ2) is 5.02. The van der Waals surface area contributed by atoms with Crippen LogP contribution in [0.2, 0.25) is 0 Å². The summed E-state index contributed by atoms with van der Waals surface area (Å²) in [6, 6.07) is 17.9. The van der Waals surface area contributed by atoms with Crippen molar-refractivity contribution in [3.63, 3.8) is 0 Å². The first-order chi connectivity index (χ1) is 10.7. The molecular formula is C19H17NO2. The minimum atomic E-state index is -0.321. The maximum atomic E-state index is 12.4. The number of hydrogen-bond donors (Lipinski definition) is 0. The molecule has 0 saturated carbocycles. The second-order valence-electron chi connectivity index (χ2n) is 5.84. The van der Waals surface area contributed by atoms with Gasteiger partial charge in [-0.3, -0.25) is 0 Å². The van der Waals surface area contributed by atoms with Crippen molar-refractivity contribution in [1.29, 1.82) is 0 Å². The summed E-state index contributed by atoms with van der Waals surface area (Å²) in [6.07, 6.45) is 1.10. The SMILES string of the molecule is C=C1Cc2ccccc2C2OC(=O)C(Cc3ccccc3)N12. The lowest BCUT2D eigenvalue weighted by Crippen LogP contribution is -2.38. The van der Waals surface area contributed by atoms with Crippen LogP contribution in [0, 0.1) is 0 Å². The first-order valence-electron chi connectivity index (χ1n) is 7.52. The molecule has 0 amide bonds. The molecule has 110 valence electrons. The van der Waals surface area contributed by atoms with Gasteiger partial charge in [0, 0.05) is 24.1 Å². The van der Waals surface area contributed by atoms with Crippen molar-refractivity contribution >= 4 is 5.97 Å². The molecule has 0 aliphatic carbocycles. The van der Waals surface area contributed by atoms with E-state index in [2.05, 4.69) is 17.5 Å². The highest BCUT2D eigenvalue weighted by Gasteiger charge is 2.46. The highest BCUT2D eigenvalue weighted by molar-refractivity contribution is 5.79. The highest BCUT2D eigenvalue weighted by atomic mass is 16.6. The minimum Gasteiger partial charge on any atom is -0.436 e. The Morgan fingerprint density at radius 2 is 1.82 bits per heavy atom. The van der Waals surface area contributed by atoms with Crippen LogP contribution in [-0.4, -0.2) is 16.9 Å². The second-order valence-corrected chi connectivity index (χ2v) is 5.84. The van der Waals surface area contributed by atoms with E-state index in [4.69, 9.17) is 4.74 Å². The van der Waals surface area contributed by atoms with Gasteiger partial charge in [-0.25, -0.2) is 4.79 Å². The lowest BCUT2D eigenvalue weighted by atomic mass is 9.94. The Labute approximate surface area is 129 Å². The third-order valence-corrected chi connectivity index (χ3v) is 4.44. The predicted octanol–water partition coefficient (Wildman–Crippen LogP) is 3.23. The number of ether oxygens (including phenoxy) is 1. The molecule has 0 bridgehead atoms. The molecule has 1 fully saturated rings. The van der Waals surface area contributed by atoms with Crippen LogP contribution < -0.4 is 0 Å². The fourth-order valence-corrected chi connectivity index (χ4v) is 3.39. The van der Waals surface area contributed by atoms with Gasteiger partial charge in [0.2, 0.25) is 6.23 Å². The van der Waals surface area contributed by atoms with Crippen LogP contribution in [0.25, 0.3) is 0 Å². The zero-order chi connectivity index (χ0) is 15.1. The van der Waals surface area contributed by atoms with Crippen LogP contribution in [0.5, 0.6) is 0 Å². The molecular weight excluding hydrogens is 274 g/mol. The van der Waals surface area contributed by atoms with Gasteiger partial charge in [0.25, 0.3) is 0 Å². The van der Waals surface area contributed by atoms with Gasteiger partial charge in [0.05, 0.1) is 0 Å². The Balaban J connectivity index is 1.69. The van der Waals surface area contributed by atoms with E-state index in [1.54, 1.807) is 0 Å². The monoisotopic (exact) mass is 291 g/mol. The summed E-state index contributed by atoms with van der Waals surface area (Å²) in [5.41, 5.74) is 4.37. The number of nitrogens with zero attached hydrogens (tertiary/aromatic N) is 1. The van der Waals surface area contributed by atoms with Gasteiger partial charge in [0.15, 0.2) is 0 Å². The Hall–Kier alpha value is -2.55. The van der Waals surface area contributed by atoms with E-state index >= 15 is 0 Å². The van der Waals surface area contributed by atoms with Gasteiger partial charge in [0.1, 0.15) is 6.04 Å². The molecule has 2 aliphatic heterocycles. The molecule has 3 heteroatoms. The van der Waals surface area contributed by atoms with Gasteiger partial charge < -0.3 is 9.64 Å². The zero-order valence-corrected chi connectivity index (χ0v) is 12.2. The summed E-state index contributed by atoms with van der Waals surface area (Å²) in [4.78, 5) is 14.4. The van der Waals surface area contributed by atoms with Crippen LogP contribution in [-0.2, 0) is 22.4 Å². The number of carbonyl (C=O) groups is 1. The van der Waals surface area contributed by atoms with Crippen molar-refractivity contribution < 1.29 is 9.53 Å². The third kappa shape index (κ3) is 2.01. The summed E-state index contributed by atoms with van der Waals surface area (Å²) in [5, 5.41) is 0. The summed E-state index contributed by atoms with van der Waals surface area (Å²) >= 11 is 0. The molecule has 2 unspecified atom stereocenters. The first-order valence-corrected chi connectivity index (χ1v) is 7.52. The average molecular weight is 291 g/mol. The fraction of sp³-hybridized carbons (Fsp3) is 0.211. The summed E-state index contributed by atoms with van der Waals surface area (Å²) < 4.78 is 5.67. The topological polar surface area (TPSA) is 29.5 Å². The van der Waals surface area contributed by atoms with Crippen LogP contribution in [0.3, 0.4) is 0 Å². The molecule has 0 aromatic heterocycles. The number of hydrogen-bond acceptors (Lipinski definition) is 3. The van der Waals surface area contributed by atoms with Crippen molar-refractivity contribution in [3.05, 3.63) is 83.6 Å². The Bertz CT molecular complexity index is 738. The molecule has 2 aromatic carbocycles. The van der Waals surface area contributed by atoms with Crippen molar-refractivity contribution in [2.75, 3.05) is 0 Å². The molecule has 1 saturated heterocycles. The quantitative estimate of drug-likeness (QED) is 0.796. The Kier molecular flexibility index (Phi) is 3.00. The molecule has 2 heterocycles. The minimum absolute atomic E-state index is 0.160. The van der Waals surface area contributed by atoms with Gasteiger partial charge >= 0.3 is 5.97 Å². The summed E-state index contributed by atoms with van der Waals surface area (Å²) in [5.74, 6) is -0.160. The van der Waals surface area contributed by atoms with E-state index in [0.29, 0.717) is 6.42 Å². The molecule has 3 nitrogen and oxygen atoms in total. The van der Waals surface area contributed by atoms with E-state index in [1.165, 1.54) is 5.56 Å². The van der Waals surface area contributed by atoms with Gasteiger partial charge in [-0.2, -0.15) is 0 Å².